The number of hydrogen-bond donors (Lipinski definition) is 2. The first-order chi connectivity index (χ1) is 9.11. The first-order valence-corrected chi connectivity index (χ1v) is 7.31. The van der Waals surface area contributed by atoms with E-state index >= 15 is 0 Å². The van der Waals surface area contributed by atoms with Crippen LogP contribution in [0.15, 0.2) is 24.3 Å². The van der Waals surface area contributed by atoms with Crippen LogP contribution in [0.5, 0.6) is 0 Å². The van der Waals surface area contributed by atoms with Crippen LogP contribution < -0.4 is 5.32 Å². The van der Waals surface area contributed by atoms with Crippen LogP contribution in [0.1, 0.15) is 44.6 Å². The van der Waals surface area contributed by atoms with Crippen molar-refractivity contribution in [1.82, 2.24) is 5.32 Å². The Bertz CT molecular complexity index is 382. The summed E-state index contributed by atoms with van der Waals surface area (Å²) >= 11 is 0. The van der Waals surface area contributed by atoms with Crippen molar-refractivity contribution in [3.8, 4) is 0 Å². The van der Waals surface area contributed by atoms with Gasteiger partial charge in [0.1, 0.15) is 5.82 Å². The Morgan fingerprint density at radius 3 is 2.47 bits per heavy atom. The van der Waals surface area contributed by atoms with E-state index in [4.69, 9.17) is 0 Å². The van der Waals surface area contributed by atoms with Crippen molar-refractivity contribution in [3.63, 3.8) is 0 Å². The summed E-state index contributed by atoms with van der Waals surface area (Å²) in [6.45, 7) is 3.22. The van der Waals surface area contributed by atoms with Gasteiger partial charge in [0.25, 0.3) is 0 Å². The predicted molar refractivity (Wildman–Crippen MR) is 75.6 cm³/mol. The molecule has 0 saturated heterocycles. The maximum atomic E-state index is 12.9. The van der Waals surface area contributed by atoms with Gasteiger partial charge >= 0.3 is 0 Å². The first-order valence-electron chi connectivity index (χ1n) is 7.31. The summed E-state index contributed by atoms with van der Waals surface area (Å²) in [5, 5.41) is 14.1. The molecule has 106 valence electrons. The van der Waals surface area contributed by atoms with Crippen molar-refractivity contribution in [2.24, 2.45) is 0 Å². The molecule has 0 spiro atoms. The van der Waals surface area contributed by atoms with E-state index in [1.54, 1.807) is 12.1 Å². The van der Waals surface area contributed by atoms with Gasteiger partial charge < -0.3 is 10.4 Å². The Labute approximate surface area is 115 Å². The molecule has 2 N–H and O–H groups in total. The summed E-state index contributed by atoms with van der Waals surface area (Å²) in [6, 6.07) is 7.03. The van der Waals surface area contributed by atoms with E-state index in [1.165, 1.54) is 12.1 Å². The van der Waals surface area contributed by atoms with Gasteiger partial charge in [-0.2, -0.15) is 0 Å². The predicted octanol–water partition coefficient (Wildman–Crippen LogP) is 3.04. The number of hydrogen-bond acceptors (Lipinski definition) is 2. The zero-order valence-corrected chi connectivity index (χ0v) is 11.7. The monoisotopic (exact) mass is 265 g/mol. The highest BCUT2D eigenvalue weighted by Crippen LogP contribution is 2.31. The Hall–Kier alpha value is -0.930. The molecule has 1 aromatic rings. The molecule has 1 aromatic carbocycles. The van der Waals surface area contributed by atoms with E-state index in [1.807, 2.05) is 0 Å². The largest absolute Gasteiger partial charge is 0.390 e. The molecule has 1 fully saturated rings. The third kappa shape index (κ3) is 4.29. The highest BCUT2D eigenvalue weighted by atomic mass is 19.1. The lowest BCUT2D eigenvalue weighted by atomic mass is 9.78. The highest BCUT2D eigenvalue weighted by molar-refractivity contribution is 5.18. The molecule has 0 heterocycles. The van der Waals surface area contributed by atoms with Gasteiger partial charge in [-0.25, -0.2) is 4.39 Å². The summed E-state index contributed by atoms with van der Waals surface area (Å²) in [4.78, 5) is 0. The Morgan fingerprint density at radius 1 is 1.26 bits per heavy atom. The minimum absolute atomic E-state index is 0.219. The maximum absolute atomic E-state index is 12.9. The maximum Gasteiger partial charge on any atom is 0.123 e. The summed E-state index contributed by atoms with van der Waals surface area (Å²) in [7, 11) is 0. The quantitative estimate of drug-likeness (QED) is 0.857. The zero-order valence-electron chi connectivity index (χ0n) is 11.7. The molecule has 0 unspecified atom stereocenters. The molecule has 0 radical (unpaired) electrons. The molecule has 19 heavy (non-hydrogen) atoms. The van der Waals surface area contributed by atoms with Crippen molar-refractivity contribution in [2.75, 3.05) is 6.54 Å². The molecule has 0 amide bonds. The normalized spacial score (nSPS) is 27.4. The molecule has 0 bridgehead atoms. The van der Waals surface area contributed by atoms with Crippen LogP contribution in [0.25, 0.3) is 0 Å². The molecule has 1 aliphatic carbocycles. The molecule has 2 rings (SSSR count). The second kappa shape index (κ2) is 6.49. The SMILES string of the molecule is CCCNC1CCC(O)(Cc2ccc(F)cc2)CC1. The van der Waals surface area contributed by atoms with Crippen LogP contribution in [0, 0.1) is 5.82 Å². The molecule has 0 atom stereocenters. The zero-order chi connectivity index (χ0) is 13.7. The second-order valence-corrected chi connectivity index (χ2v) is 5.76. The van der Waals surface area contributed by atoms with E-state index in [9.17, 15) is 9.50 Å². The standard InChI is InChI=1S/C16H24FNO/c1-2-11-18-15-7-9-16(19,10-8-15)12-13-3-5-14(17)6-4-13/h3-6,15,18-19H,2,7-12H2,1H3. The lowest BCUT2D eigenvalue weighted by Gasteiger charge is -2.36. The van der Waals surface area contributed by atoms with Crippen molar-refractivity contribution >= 4 is 0 Å². The number of nitrogens with one attached hydrogen (secondary N) is 1. The van der Waals surface area contributed by atoms with Crippen molar-refractivity contribution < 1.29 is 9.50 Å². The van der Waals surface area contributed by atoms with E-state index in [-0.39, 0.29) is 5.82 Å². The molecular weight excluding hydrogens is 241 g/mol. The van der Waals surface area contributed by atoms with Gasteiger partial charge in [0, 0.05) is 12.5 Å². The number of halogens is 1. The molecule has 3 heteroatoms. The third-order valence-corrected chi connectivity index (χ3v) is 4.05. The molecule has 0 aliphatic heterocycles. The number of aliphatic hydroxyl groups is 1. The van der Waals surface area contributed by atoms with Crippen LogP contribution in [-0.4, -0.2) is 23.3 Å². The lowest BCUT2D eigenvalue weighted by Crippen LogP contribution is -2.42. The molecule has 1 aliphatic rings. The van der Waals surface area contributed by atoms with Gasteiger partial charge in [-0.3, -0.25) is 0 Å². The minimum atomic E-state index is -0.609. The fraction of sp³-hybridized carbons (Fsp3) is 0.625. The van der Waals surface area contributed by atoms with Gasteiger partial charge in [-0.05, 0) is 56.3 Å². The van der Waals surface area contributed by atoms with Crippen LogP contribution in [0.2, 0.25) is 0 Å². The number of rotatable bonds is 5. The van der Waals surface area contributed by atoms with Crippen molar-refractivity contribution in [3.05, 3.63) is 35.6 Å². The third-order valence-electron chi connectivity index (χ3n) is 4.05. The molecule has 2 nitrogen and oxygen atoms in total. The summed E-state index contributed by atoms with van der Waals surface area (Å²) in [6.07, 6.45) is 5.48. The Balaban J connectivity index is 1.85. The molecule has 0 aromatic heterocycles. The summed E-state index contributed by atoms with van der Waals surface area (Å²) in [5.74, 6) is -0.219. The highest BCUT2D eigenvalue weighted by Gasteiger charge is 2.32. The lowest BCUT2D eigenvalue weighted by molar-refractivity contribution is -0.00307. The first kappa shape index (κ1) is 14.5. The fourth-order valence-corrected chi connectivity index (χ4v) is 2.87. The van der Waals surface area contributed by atoms with Gasteiger partial charge in [0.15, 0.2) is 0 Å². The van der Waals surface area contributed by atoms with Crippen LogP contribution >= 0.6 is 0 Å². The smallest absolute Gasteiger partial charge is 0.123 e. The Morgan fingerprint density at radius 2 is 1.89 bits per heavy atom. The van der Waals surface area contributed by atoms with Crippen LogP contribution in [0.3, 0.4) is 0 Å². The topological polar surface area (TPSA) is 32.3 Å². The van der Waals surface area contributed by atoms with Gasteiger partial charge in [-0.15, -0.1) is 0 Å². The molecular formula is C16H24FNO. The van der Waals surface area contributed by atoms with Crippen LogP contribution in [-0.2, 0) is 6.42 Å². The van der Waals surface area contributed by atoms with E-state index < -0.39 is 5.60 Å². The van der Waals surface area contributed by atoms with Crippen molar-refractivity contribution in [2.45, 2.75) is 57.1 Å². The van der Waals surface area contributed by atoms with Crippen LogP contribution in [0.4, 0.5) is 4.39 Å². The number of benzene rings is 1. The van der Waals surface area contributed by atoms with E-state index in [2.05, 4.69) is 12.2 Å². The average Bonchev–Trinajstić information content (AvgIpc) is 2.41. The molecule has 1 saturated carbocycles. The fourth-order valence-electron chi connectivity index (χ4n) is 2.87. The van der Waals surface area contributed by atoms with Gasteiger partial charge in [0.2, 0.25) is 0 Å². The van der Waals surface area contributed by atoms with Gasteiger partial charge in [0.05, 0.1) is 5.60 Å². The second-order valence-electron chi connectivity index (χ2n) is 5.76. The summed E-state index contributed by atoms with van der Waals surface area (Å²) < 4.78 is 12.9. The van der Waals surface area contributed by atoms with Gasteiger partial charge in [-0.1, -0.05) is 19.1 Å². The van der Waals surface area contributed by atoms with E-state index in [0.717, 1.165) is 44.2 Å². The minimum Gasteiger partial charge on any atom is -0.390 e. The Kier molecular flexibility index (Phi) is 4.94. The van der Waals surface area contributed by atoms with Crippen molar-refractivity contribution in [1.29, 1.82) is 0 Å². The average molecular weight is 265 g/mol. The summed E-state index contributed by atoms with van der Waals surface area (Å²) in [5.41, 5.74) is 0.409. The van der Waals surface area contributed by atoms with E-state index in [0.29, 0.717) is 12.5 Å².